The molecule has 0 bridgehead atoms. The molecule has 0 spiro atoms. The second-order valence-corrected chi connectivity index (χ2v) is 5.85. The van der Waals surface area contributed by atoms with Gasteiger partial charge in [-0.2, -0.15) is 0 Å². The zero-order chi connectivity index (χ0) is 16.1. The fourth-order valence-corrected chi connectivity index (χ4v) is 2.68. The number of imidazole rings is 1. The van der Waals surface area contributed by atoms with Crippen LogP contribution in [0.1, 0.15) is 23.1 Å². The minimum atomic E-state index is -0.103. The highest BCUT2D eigenvalue weighted by molar-refractivity contribution is 6.30. The Balaban J connectivity index is 1.75. The predicted octanol–water partition coefficient (Wildman–Crippen LogP) is 4.42. The summed E-state index contributed by atoms with van der Waals surface area (Å²) in [6.45, 7) is 0.604. The van der Waals surface area contributed by atoms with E-state index in [9.17, 15) is 0 Å². The number of halogens is 1. The van der Waals surface area contributed by atoms with Crippen LogP contribution in [0.3, 0.4) is 0 Å². The number of hydrogen-bond donors (Lipinski definition) is 0. The maximum Gasteiger partial charge on any atom is 0.110 e. The van der Waals surface area contributed by atoms with E-state index in [1.165, 1.54) is 0 Å². The Morgan fingerprint density at radius 2 is 1.74 bits per heavy atom. The zero-order valence-electron chi connectivity index (χ0n) is 13.0. The van der Waals surface area contributed by atoms with Crippen molar-refractivity contribution in [1.29, 1.82) is 0 Å². The van der Waals surface area contributed by atoms with Crippen LogP contribution in [0, 0.1) is 0 Å². The molecule has 1 aromatic heterocycles. The molecule has 0 amide bonds. The number of benzene rings is 2. The molecule has 3 aromatic rings. The fraction of sp³-hybridized carbons (Fsp3) is 0.211. The second-order valence-electron chi connectivity index (χ2n) is 5.42. The molecule has 0 aliphatic heterocycles. The van der Waals surface area contributed by atoms with Crippen LogP contribution >= 0.6 is 11.6 Å². The molecule has 3 rings (SSSR count). The topological polar surface area (TPSA) is 27.1 Å². The Kier molecular flexibility index (Phi) is 5.11. The summed E-state index contributed by atoms with van der Waals surface area (Å²) in [5, 5.41) is 0.730. The molecule has 0 aliphatic rings. The van der Waals surface area contributed by atoms with Gasteiger partial charge in [0, 0.05) is 30.9 Å². The quantitative estimate of drug-likeness (QED) is 0.670. The molecule has 23 heavy (non-hydrogen) atoms. The molecule has 0 aliphatic carbocycles. The summed E-state index contributed by atoms with van der Waals surface area (Å²) in [6, 6.07) is 18.1. The van der Waals surface area contributed by atoms with Crippen LogP contribution in [-0.4, -0.2) is 16.2 Å². The van der Waals surface area contributed by atoms with Gasteiger partial charge in [-0.15, -0.1) is 0 Å². The highest BCUT2D eigenvalue weighted by Crippen LogP contribution is 2.27. The molecule has 3 nitrogen and oxygen atoms in total. The zero-order valence-corrected chi connectivity index (χ0v) is 13.8. The van der Waals surface area contributed by atoms with E-state index in [4.69, 9.17) is 16.3 Å². The molecule has 2 aromatic carbocycles. The van der Waals surface area contributed by atoms with Gasteiger partial charge in [-0.05, 0) is 23.3 Å². The normalized spacial score (nSPS) is 12.3. The molecule has 1 heterocycles. The molecule has 1 unspecified atom stereocenters. The van der Waals surface area contributed by atoms with Gasteiger partial charge in [0.25, 0.3) is 0 Å². The Morgan fingerprint density at radius 3 is 2.39 bits per heavy atom. The smallest absolute Gasteiger partial charge is 0.110 e. The van der Waals surface area contributed by atoms with E-state index >= 15 is 0 Å². The maximum absolute atomic E-state index is 6.19. The summed E-state index contributed by atoms with van der Waals surface area (Å²) in [6.07, 6.45) is 4.43. The number of hydrogen-bond acceptors (Lipinski definition) is 2. The van der Waals surface area contributed by atoms with Gasteiger partial charge in [0.15, 0.2) is 0 Å². The molecule has 118 valence electrons. The number of nitrogens with zero attached hydrogens (tertiary/aromatic N) is 2. The average molecular weight is 327 g/mol. The third kappa shape index (κ3) is 4.01. The lowest BCUT2D eigenvalue weighted by atomic mass is 10.0. The number of rotatable bonds is 6. The Hall–Kier alpha value is -2.10. The van der Waals surface area contributed by atoms with Crippen LogP contribution < -0.4 is 0 Å². The summed E-state index contributed by atoms with van der Waals surface area (Å²) >= 11 is 6.00. The van der Waals surface area contributed by atoms with E-state index in [0.29, 0.717) is 6.61 Å². The third-order valence-electron chi connectivity index (χ3n) is 3.81. The maximum atomic E-state index is 6.19. The van der Waals surface area contributed by atoms with Crippen molar-refractivity contribution in [1.82, 2.24) is 9.55 Å². The van der Waals surface area contributed by atoms with Gasteiger partial charge in [0.05, 0.1) is 6.61 Å². The Morgan fingerprint density at radius 1 is 1.04 bits per heavy atom. The van der Waals surface area contributed by atoms with Crippen LogP contribution in [0.5, 0.6) is 0 Å². The highest BCUT2D eigenvalue weighted by Gasteiger charge is 2.15. The van der Waals surface area contributed by atoms with E-state index in [0.717, 1.165) is 28.4 Å². The first-order valence-electron chi connectivity index (χ1n) is 7.62. The monoisotopic (exact) mass is 326 g/mol. The predicted molar refractivity (Wildman–Crippen MR) is 92.6 cm³/mol. The SMILES string of the molecule is Cn1ccnc1CCOC(c1ccccc1)c1ccc(Cl)cc1. The van der Waals surface area contributed by atoms with Crippen molar-refractivity contribution in [3.63, 3.8) is 0 Å². The molecule has 0 fully saturated rings. The van der Waals surface area contributed by atoms with Crippen molar-refractivity contribution >= 4 is 11.6 Å². The van der Waals surface area contributed by atoms with E-state index in [1.54, 1.807) is 0 Å². The lowest BCUT2D eigenvalue weighted by Crippen LogP contribution is -2.10. The van der Waals surface area contributed by atoms with Gasteiger partial charge in [-0.25, -0.2) is 4.98 Å². The molecule has 1 atom stereocenters. The molecular weight excluding hydrogens is 308 g/mol. The van der Waals surface area contributed by atoms with Crippen LogP contribution in [0.2, 0.25) is 5.02 Å². The molecular formula is C19H19ClN2O. The van der Waals surface area contributed by atoms with Gasteiger partial charge < -0.3 is 9.30 Å². The van der Waals surface area contributed by atoms with Crippen molar-refractivity contribution in [3.05, 3.63) is 89.0 Å². The summed E-state index contributed by atoms with van der Waals surface area (Å²) in [7, 11) is 2.00. The summed E-state index contributed by atoms with van der Waals surface area (Å²) in [5.74, 6) is 1.02. The second kappa shape index (κ2) is 7.44. The van der Waals surface area contributed by atoms with Crippen molar-refractivity contribution in [2.45, 2.75) is 12.5 Å². The lowest BCUT2D eigenvalue weighted by molar-refractivity contribution is 0.0813. The number of aryl methyl sites for hydroxylation is 1. The van der Waals surface area contributed by atoms with E-state index in [2.05, 4.69) is 17.1 Å². The fourth-order valence-electron chi connectivity index (χ4n) is 2.56. The van der Waals surface area contributed by atoms with Gasteiger partial charge in [-0.1, -0.05) is 54.1 Å². The van der Waals surface area contributed by atoms with E-state index in [1.807, 2.05) is 66.5 Å². The molecule has 0 saturated heterocycles. The molecule has 4 heteroatoms. The first-order valence-corrected chi connectivity index (χ1v) is 8.00. The minimum Gasteiger partial charge on any atom is -0.368 e. The van der Waals surface area contributed by atoms with Crippen molar-refractivity contribution < 1.29 is 4.74 Å². The minimum absolute atomic E-state index is 0.103. The van der Waals surface area contributed by atoms with E-state index in [-0.39, 0.29) is 6.10 Å². The molecule has 0 saturated carbocycles. The molecule has 0 N–H and O–H groups in total. The Labute approximate surface area is 141 Å². The number of ether oxygens (including phenoxy) is 1. The van der Waals surface area contributed by atoms with Gasteiger partial charge in [-0.3, -0.25) is 0 Å². The summed E-state index contributed by atoms with van der Waals surface area (Å²) in [5.41, 5.74) is 2.23. The average Bonchev–Trinajstić information content (AvgIpc) is 2.99. The van der Waals surface area contributed by atoms with Crippen LogP contribution in [0.4, 0.5) is 0 Å². The van der Waals surface area contributed by atoms with Crippen molar-refractivity contribution in [3.8, 4) is 0 Å². The van der Waals surface area contributed by atoms with Gasteiger partial charge >= 0.3 is 0 Å². The van der Waals surface area contributed by atoms with Crippen LogP contribution in [0.15, 0.2) is 67.0 Å². The lowest BCUT2D eigenvalue weighted by Gasteiger charge is -2.19. The van der Waals surface area contributed by atoms with Crippen molar-refractivity contribution in [2.75, 3.05) is 6.61 Å². The van der Waals surface area contributed by atoms with Gasteiger partial charge in [0.1, 0.15) is 11.9 Å². The first kappa shape index (κ1) is 15.8. The highest BCUT2D eigenvalue weighted by atomic mass is 35.5. The van der Waals surface area contributed by atoms with Crippen LogP contribution in [0.25, 0.3) is 0 Å². The molecule has 0 radical (unpaired) electrons. The van der Waals surface area contributed by atoms with Crippen LogP contribution in [-0.2, 0) is 18.2 Å². The summed E-state index contributed by atoms with van der Waals surface area (Å²) < 4.78 is 8.20. The third-order valence-corrected chi connectivity index (χ3v) is 4.06. The largest absolute Gasteiger partial charge is 0.368 e. The van der Waals surface area contributed by atoms with Gasteiger partial charge in [0.2, 0.25) is 0 Å². The number of aromatic nitrogens is 2. The van der Waals surface area contributed by atoms with Crippen molar-refractivity contribution in [2.24, 2.45) is 7.05 Å². The Bertz CT molecular complexity index is 738. The first-order chi connectivity index (χ1) is 11.2. The van der Waals surface area contributed by atoms with E-state index < -0.39 is 0 Å². The summed E-state index contributed by atoms with van der Waals surface area (Å²) in [4.78, 5) is 4.34. The standard InChI is InChI=1S/C19H19ClN2O/c1-22-13-12-21-18(22)11-14-23-19(15-5-3-2-4-6-15)16-7-9-17(20)10-8-16/h2-10,12-13,19H,11,14H2,1H3.